The minimum atomic E-state index is -0.286. The topological polar surface area (TPSA) is 98.9 Å². The molecule has 0 radical (unpaired) electrons. The van der Waals surface area contributed by atoms with Crippen LogP contribution in [0.5, 0.6) is 0 Å². The van der Waals surface area contributed by atoms with E-state index in [1.165, 1.54) is 0 Å². The fraction of sp³-hybridized carbons (Fsp3) is 0.368. The summed E-state index contributed by atoms with van der Waals surface area (Å²) >= 11 is 0. The molecule has 0 saturated carbocycles. The van der Waals surface area contributed by atoms with Crippen LogP contribution in [0.25, 0.3) is 5.82 Å². The monoisotopic (exact) mass is 381 g/mol. The van der Waals surface area contributed by atoms with Gasteiger partial charge in [-0.2, -0.15) is 5.10 Å². The van der Waals surface area contributed by atoms with E-state index in [0.29, 0.717) is 18.8 Å². The number of aromatic nitrogens is 5. The molecule has 1 saturated heterocycles. The number of ether oxygens (including phenoxy) is 1. The third kappa shape index (κ3) is 4.37. The van der Waals surface area contributed by atoms with Gasteiger partial charge in [0.1, 0.15) is 11.6 Å². The van der Waals surface area contributed by atoms with E-state index in [-0.39, 0.29) is 12.1 Å². The van der Waals surface area contributed by atoms with Gasteiger partial charge in [-0.15, -0.1) is 0 Å². The average Bonchev–Trinajstić information content (AvgIpc) is 3.44. The van der Waals surface area contributed by atoms with Crippen LogP contribution in [0.3, 0.4) is 0 Å². The van der Waals surface area contributed by atoms with Crippen LogP contribution in [0.15, 0.2) is 43.1 Å². The minimum Gasteiger partial charge on any atom is -0.376 e. The molecule has 1 atom stereocenters. The van der Waals surface area contributed by atoms with Crippen molar-refractivity contribution in [3.63, 3.8) is 0 Å². The van der Waals surface area contributed by atoms with E-state index in [9.17, 15) is 4.79 Å². The van der Waals surface area contributed by atoms with Crippen molar-refractivity contribution in [1.82, 2.24) is 29.6 Å². The highest BCUT2D eigenvalue weighted by Gasteiger charge is 2.16. The summed E-state index contributed by atoms with van der Waals surface area (Å²) in [6.45, 7) is 3.82. The Bertz CT molecular complexity index is 926. The Labute approximate surface area is 162 Å². The van der Waals surface area contributed by atoms with Crippen molar-refractivity contribution in [2.24, 2.45) is 0 Å². The summed E-state index contributed by atoms with van der Waals surface area (Å²) in [5.41, 5.74) is 1.56. The van der Waals surface area contributed by atoms with Gasteiger partial charge in [-0.25, -0.2) is 14.8 Å². The van der Waals surface area contributed by atoms with E-state index in [0.717, 1.165) is 36.7 Å². The van der Waals surface area contributed by atoms with E-state index in [1.807, 2.05) is 36.0 Å². The number of nitrogens with zero attached hydrogens (tertiary/aromatic N) is 5. The molecular weight excluding hydrogens is 358 g/mol. The number of amides is 2. The Kier molecular flexibility index (Phi) is 5.34. The number of urea groups is 1. The predicted molar refractivity (Wildman–Crippen MR) is 103 cm³/mol. The molecule has 0 spiro atoms. The first-order chi connectivity index (χ1) is 13.7. The summed E-state index contributed by atoms with van der Waals surface area (Å²) in [7, 11) is 0. The van der Waals surface area contributed by atoms with Crippen molar-refractivity contribution in [2.45, 2.75) is 39.0 Å². The molecule has 0 aliphatic carbocycles. The van der Waals surface area contributed by atoms with Gasteiger partial charge in [0.2, 0.25) is 0 Å². The maximum atomic E-state index is 12.1. The first-order valence-electron chi connectivity index (χ1n) is 9.31. The summed E-state index contributed by atoms with van der Waals surface area (Å²) in [6.07, 6.45) is 11.1. The number of rotatable bonds is 6. The number of carbonyl (C=O) groups is 1. The number of imidazole rings is 1. The van der Waals surface area contributed by atoms with Crippen LogP contribution in [0, 0.1) is 6.92 Å². The van der Waals surface area contributed by atoms with E-state index >= 15 is 0 Å². The molecule has 3 aromatic heterocycles. The van der Waals surface area contributed by atoms with Gasteiger partial charge in [0.15, 0.2) is 0 Å². The summed E-state index contributed by atoms with van der Waals surface area (Å²) < 4.78 is 9.30. The molecule has 9 heteroatoms. The standard InChI is InChI=1S/C19H23N7O2/c1-14-20-6-7-26(14)18-5-4-15(9-21-18)10-22-19(27)24-16-11-23-25(12-16)13-17-3-2-8-28-17/h4-7,9,11-12,17H,2-3,8,10,13H2,1H3,(H2,22,24,27). The summed E-state index contributed by atoms with van der Waals surface area (Å²) in [6, 6.07) is 3.55. The second-order valence-electron chi connectivity index (χ2n) is 6.76. The van der Waals surface area contributed by atoms with Crippen LogP contribution in [-0.4, -0.2) is 43.1 Å². The molecule has 1 unspecified atom stereocenters. The quantitative estimate of drug-likeness (QED) is 0.682. The third-order valence-corrected chi connectivity index (χ3v) is 4.64. The van der Waals surface area contributed by atoms with Gasteiger partial charge in [0.25, 0.3) is 0 Å². The van der Waals surface area contributed by atoms with Gasteiger partial charge in [-0.1, -0.05) is 6.07 Å². The lowest BCUT2D eigenvalue weighted by molar-refractivity contribution is 0.0940. The molecule has 4 heterocycles. The molecule has 0 bridgehead atoms. The Morgan fingerprint density at radius 1 is 1.32 bits per heavy atom. The molecule has 3 aromatic rings. The minimum absolute atomic E-state index is 0.211. The molecule has 1 aliphatic heterocycles. The number of carbonyl (C=O) groups excluding carboxylic acids is 1. The molecule has 9 nitrogen and oxygen atoms in total. The number of hydrogen-bond donors (Lipinski definition) is 2. The molecular formula is C19H23N7O2. The Morgan fingerprint density at radius 3 is 2.96 bits per heavy atom. The van der Waals surface area contributed by atoms with Crippen molar-refractivity contribution < 1.29 is 9.53 Å². The molecule has 28 heavy (non-hydrogen) atoms. The van der Waals surface area contributed by atoms with Crippen molar-refractivity contribution in [1.29, 1.82) is 0 Å². The van der Waals surface area contributed by atoms with Gasteiger partial charge in [-0.05, 0) is 31.4 Å². The van der Waals surface area contributed by atoms with Gasteiger partial charge in [0.05, 0.1) is 24.5 Å². The second-order valence-corrected chi connectivity index (χ2v) is 6.76. The predicted octanol–water partition coefficient (Wildman–Crippen LogP) is 2.27. The lowest BCUT2D eigenvalue weighted by atomic mass is 10.2. The smallest absolute Gasteiger partial charge is 0.319 e. The third-order valence-electron chi connectivity index (χ3n) is 4.64. The molecule has 2 amide bonds. The van der Waals surface area contributed by atoms with Gasteiger partial charge >= 0.3 is 6.03 Å². The van der Waals surface area contributed by atoms with Crippen LogP contribution in [0.1, 0.15) is 24.2 Å². The first-order valence-corrected chi connectivity index (χ1v) is 9.31. The fourth-order valence-corrected chi connectivity index (χ4v) is 3.17. The number of anilines is 1. The fourth-order valence-electron chi connectivity index (χ4n) is 3.17. The normalized spacial score (nSPS) is 16.2. The van der Waals surface area contributed by atoms with Crippen molar-refractivity contribution in [2.75, 3.05) is 11.9 Å². The number of pyridine rings is 1. The lowest BCUT2D eigenvalue weighted by Gasteiger charge is -2.09. The maximum absolute atomic E-state index is 12.1. The molecule has 1 aliphatic rings. The molecule has 4 rings (SSSR count). The Balaban J connectivity index is 1.26. The van der Waals surface area contributed by atoms with Gasteiger partial charge < -0.3 is 15.4 Å². The number of aryl methyl sites for hydroxylation is 1. The van der Waals surface area contributed by atoms with Crippen molar-refractivity contribution in [3.05, 3.63) is 54.5 Å². The molecule has 1 fully saturated rings. The van der Waals surface area contributed by atoms with Gasteiger partial charge in [0, 0.05) is 37.9 Å². The average molecular weight is 381 g/mol. The van der Waals surface area contributed by atoms with E-state index in [1.54, 1.807) is 23.3 Å². The van der Waals surface area contributed by atoms with E-state index < -0.39 is 0 Å². The first kappa shape index (κ1) is 18.2. The van der Waals surface area contributed by atoms with E-state index in [4.69, 9.17) is 4.74 Å². The zero-order chi connectivity index (χ0) is 19.3. The summed E-state index contributed by atoms with van der Waals surface area (Å²) in [4.78, 5) is 20.7. The highest BCUT2D eigenvalue weighted by atomic mass is 16.5. The molecule has 2 N–H and O–H groups in total. The number of hydrogen-bond acceptors (Lipinski definition) is 5. The van der Waals surface area contributed by atoms with Crippen molar-refractivity contribution in [3.8, 4) is 5.82 Å². The zero-order valence-electron chi connectivity index (χ0n) is 15.7. The Hall–Kier alpha value is -3.20. The Morgan fingerprint density at radius 2 is 2.25 bits per heavy atom. The molecule has 146 valence electrons. The largest absolute Gasteiger partial charge is 0.376 e. The van der Waals surface area contributed by atoms with Crippen LogP contribution in [0.2, 0.25) is 0 Å². The van der Waals surface area contributed by atoms with Crippen LogP contribution in [0.4, 0.5) is 10.5 Å². The lowest BCUT2D eigenvalue weighted by Crippen LogP contribution is -2.28. The van der Waals surface area contributed by atoms with Crippen LogP contribution >= 0.6 is 0 Å². The van der Waals surface area contributed by atoms with E-state index in [2.05, 4.69) is 25.7 Å². The highest BCUT2D eigenvalue weighted by Crippen LogP contribution is 2.15. The number of nitrogens with one attached hydrogen (secondary N) is 2. The van der Waals surface area contributed by atoms with Crippen LogP contribution in [-0.2, 0) is 17.8 Å². The highest BCUT2D eigenvalue weighted by molar-refractivity contribution is 5.88. The second kappa shape index (κ2) is 8.22. The summed E-state index contributed by atoms with van der Waals surface area (Å²) in [5, 5.41) is 9.89. The maximum Gasteiger partial charge on any atom is 0.319 e. The van der Waals surface area contributed by atoms with Crippen molar-refractivity contribution >= 4 is 11.7 Å². The van der Waals surface area contributed by atoms with Crippen LogP contribution < -0.4 is 10.6 Å². The molecule has 0 aromatic carbocycles. The zero-order valence-corrected chi connectivity index (χ0v) is 15.7. The summed E-state index contributed by atoms with van der Waals surface area (Å²) in [5.74, 6) is 1.67. The van der Waals surface area contributed by atoms with Gasteiger partial charge in [-0.3, -0.25) is 9.25 Å². The SMILES string of the molecule is Cc1nccn1-c1ccc(CNC(=O)Nc2cnn(CC3CCCO3)c2)cn1.